The minimum Gasteiger partial charge on any atom is -0.438 e. The first-order chi connectivity index (χ1) is 9.41. The fourth-order valence-electron chi connectivity index (χ4n) is 1.49. The van der Waals surface area contributed by atoms with Gasteiger partial charge in [0.05, 0.1) is 5.56 Å². The molecule has 0 unspecified atom stereocenters. The van der Waals surface area contributed by atoms with Crippen molar-refractivity contribution >= 4 is 5.95 Å². The molecular formula is C12H11F3N4O. The van der Waals surface area contributed by atoms with E-state index in [9.17, 15) is 13.2 Å². The fourth-order valence-corrected chi connectivity index (χ4v) is 1.49. The van der Waals surface area contributed by atoms with Crippen molar-refractivity contribution in [3.05, 3.63) is 41.6 Å². The zero-order valence-electron chi connectivity index (χ0n) is 10.4. The summed E-state index contributed by atoms with van der Waals surface area (Å²) >= 11 is 0. The van der Waals surface area contributed by atoms with Gasteiger partial charge < -0.3 is 4.74 Å². The van der Waals surface area contributed by atoms with Crippen molar-refractivity contribution in [2.24, 2.45) is 5.84 Å². The third-order valence-corrected chi connectivity index (χ3v) is 2.45. The first kappa shape index (κ1) is 14.1. The summed E-state index contributed by atoms with van der Waals surface area (Å²) in [6.45, 7) is 1.62. The van der Waals surface area contributed by atoms with Gasteiger partial charge in [0.2, 0.25) is 11.8 Å². The van der Waals surface area contributed by atoms with E-state index in [1.165, 1.54) is 24.4 Å². The minimum absolute atomic E-state index is 0.00431. The predicted molar refractivity (Wildman–Crippen MR) is 66.1 cm³/mol. The van der Waals surface area contributed by atoms with Gasteiger partial charge in [-0.15, -0.1) is 0 Å². The highest BCUT2D eigenvalue weighted by Gasteiger charge is 2.34. The third kappa shape index (κ3) is 2.97. The molecule has 2 aromatic rings. The van der Waals surface area contributed by atoms with E-state index < -0.39 is 11.7 Å². The van der Waals surface area contributed by atoms with E-state index >= 15 is 0 Å². The number of ether oxygens (including phenoxy) is 1. The molecule has 0 bridgehead atoms. The van der Waals surface area contributed by atoms with E-state index in [1.807, 2.05) is 0 Å². The van der Waals surface area contributed by atoms with Crippen LogP contribution in [0.3, 0.4) is 0 Å². The largest absolute Gasteiger partial charge is 0.438 e. The summed E-state index contributed by atoms with van der Waals surface area (Å²) in [5.41, 5.74) is 1.81. The fraction of sp³-hybridized carbons (Fsp3) is 0.167. The molecule has 1 aromatic carbocycles. The van der Waals surface area contributed by atoms with Crippen LogP contribution in [0.4, 0.5) is 19.1 Å². The van der Waals surface area contributed by atoms with Crippen molar-refractivity contribution in [3.63, 3.8) is 0 Å². The van der Waals surface area contributed by atoms with Gasteiger partial charge in [0.1, 0.15) is 5.75 Å². The standard InChI is InChI=1S/C12H11F3N4O/c1-7-6-17-11(19-16)18-10(7)20-9-5-3-2-4-8(9)12(13,14)15/h2-6H,16H2,1H3,(H,17,18,19). The van der Waals surface area contributed by atoms with Gasteiger partial charge in [0, 0.05) is 11.8 Å². The molecule has 0 spiro atoms. The number of aryl methyl sites for hydroxylation is 1. The highest BCUT2D eigenvalue weighted by Crippen LogP contribution is 2.38. The molecule has 0 aliphatic rings. The number of hydrazine groups is 1. The molecule has 0 radical (unpaired) electrons. The van der Waals surface area contributed by atoms with Crippen LogP contribution in [0.1, 0.15) is 11.1 Å². The Labute approximate surface area is 112 Å². The van der Waals surface area contributed by atoms with Crippen molar-refractivity contribution in [1.82, 2.24) is 9.97 Å². The number of aromatic nitrogens is 2. The molecule has 0 saturated carbocycles. The molecule has 0 saturated heterocycles. The molecule has 2 rings (SSSR count). The Balaban J connectivity index is 2.40. The lowest BCUT2D eigenvalue weighted by Gasteiger charge is -2.14. The van der Waals surface area contributed by atoms with Gasteiger partial charge in [-0.25, -0.2) is 10.8 Å². The summed E-state index contributed by atoms with van der Waals surface area (Å²) in [4.78, 5) is 7.69. The number of nitrogens with one attached hydrogen (secondary N) is 1. The lowest BCUT2D eigenvalue weighted by Crippen LogP contribution is -2.11. The van der Waals surface area contributed by atoms with Crippen LogP contribution in [0.15, 0.2) is 30.5 Å². The maximum atomic E-state index is 12.9. The SMILES string of the molecule is Cc1cnc(NN)nc1Oc1ccccc1C(F)(F)F. The first-order valence-electron chi connectivity index (χ1n) is 5.56. The molecule has 20 heavy (non-hydrogen) atoms. The normalized spacial score (nSPS) is 11.2. The van der Waals surface area contributed by atoms with E-state index in [2.05, 4.69) is 15.4 Å². The molecular weight excluding hydrogens is 273 g/mol. The Morgan fingerprint density at radius 1 is 1.25 bits per heavy atom. The summed E-state index contributed by atoms with van der Waals surface area (Å²) in [5.74, 6) is 4.88. The second-order valence-corrected chi connectivity index (χ2v) is 3.92. The molecule has 0 amide bonds. The summed E-state index contributed by atoms with van der Waals surface area (Å²) in [6.07, 6.45) is -3.11. The highest BCUT2D eigenvalue weighted by molar-refractivity contribution is 5.40. The van der Waals surface area contributed by atoms with Gasteiger partial charge in [0.25, 0.3) is 0 Å². The van der Waals surface area contributed by atoms with E-state index in [-0.39, 0.29) is 17.6 Å². The number of halogens is 3. The second-order valence-electron chi connectivity index (χ2n) is 3.92. The van der Waals surface area contributed by atoms with Gasteiger partial charge in [-0.3, -0.25) is 5.43 Å². The van der Waals surface area contributed by atoms with E-state index in [1.54, 1.807) is 6.92 Å². The van der Waals surface area contributed by atoms with E-state index in [0.29, 0.717) is 5.56 Å². The topological polar surface area (TPSA) is 73.1 Å². The molecule has 0 atom stereocenters. The number of nitrogens with two attached hydrogens (primary N) is 1. The van der Waals surface area contributed by atoms with Crippen LogP contribution in [0.25, 0.3) is 0 Å². The van der Waals surface area contributed by atoms with Crippen molar-refractivity contribution < 1.29 is 17.9 Å². The number of benzene rings is 1. The van der Waals surface area contributed by atoms with Crippen LogP contribution in [0.5, 0.6) is 11.6 Å². The Hall–Kier alpha value is -2.35. The predicted octanol–water partition coefficient (Wildman–Crippen LogP) is 2.88. The highest BCUT2D eigenvalue weighted by atomic mass is 19.4. The zero-order chi connectivity index (χ0) is 14.8. The summed E-state index contributed by atoms with van der Waals surface area (Å²) in [6, 6.07) is 4.90. The lowest BCUT2D eigenvalue weighted by atomic mass is 10.2. The zero-order valence-corrected chi connectivity index (χ0v) is 10.4. The number of nitrogens with zero attached hydrogens (tertiary/aromatic N) is 2. The number of para-hydroxylation sites is 1. The monoisotopic (exact) mass is 284 g/mol. The number of hydrogen-bond acceptors (Lipinski definition) is 5. The third-order valence-electron chi connectivity index (χ3n) is 2.45. The summed E-state index contributed by atoms with van der Waals surface area (Å²) < 4.78 is 43.8. The van der Waals surface area contributed by atoms with Gasteiger partial charge in [0.15, 0.2) is 0 Å². The number of alkyl halides is 3. The Bertz CT molecular complexity index is 616. The van der Waals surface area contributed by atoms with Gasteiger partial charge in [-0.1, -0.05) is 12.1 Å². The van der Waals surface area contributed by atoms with Crippen molar-refractivity contribution in [1.29, 1.82) is 0 Å². The van der Waals surface area contributed by atoms with Crippen LogP contribution in [-0.4, -0.2) is 9.97 Å². The molecule has 1 heterocycles. The van der Waals surface area contributed by atoms with Crippen molar-refractivity contribution in [3.8, 4) is 11.6 Å². The van der Waals surface area contributed by atoms with Crippen molar-refractivity contribution in [2.75, 3.05) is 5.43 Å². The smallest absolute Gasteiger partial charge is 0.419 e. The van der Waals surface area contributed by atoms with Gasteiger partial charge in [-0.2, -0.15) is 18.2 Å². The summed E-state index contributed by atoms with van der Waals surface area (Å²) in [7, 11) is 0. The Kier molecular flexibility index (Phi) is 3.75. The minimum atomic E-state index is -4.51. The van der Waals surface area contributed by atoms with E-state index in [4.69, 9.17) is 10.6 Å². The molecule has 3 N–H and O–H groups in total. The maximum Gasteiger partial charge on any atom is 0.419 e. The van der Waals surface area contributed by atoms with Crippen LogP contribution in [0.2, 0.25) is 0 Å². The van der Waals surface area contributed by atoms with Crippen LogP contribution in [0, 0.1) is 6.92 Å². The Morgan fingerprint density at radius 2 is 1.95 bits per heavy atom. The molecule has 5 nitrogen and oxygen atoms in total. The van der Waals surface area contributed by atoms with Crippen molar-refractivity contribution in [2.45, 2.75) is 13.1 Å². The molecule has 106 valence electrons. The van der Waals surface area contributed by atoms with Gasteiger partial charge >= 0.3 is 6.18 Å². The molecule has 0 fully saturated rings. The quantitative estimate of drug-likeness (QED) is 0.669. The van der Waals surface area contributed by atoms with Crippen LogP contribution in [-0.2, 0) is 6.18 Å². The van der Waals surface area contributed by atoms with Crippen LogP contribution < -0.4 is 16.0 Å². The molecule has 0 aliphatic heterocycles. The average Bonchev–Trinajstić information content (AvgIpc) is 2.41. The lowest BCUT2D eigenvalue weighted by molar-refractivity contribution is -0.138. The molecule has 8 heteroatoms. The summed E-state index contributed by atoms with van der Waals surface area (Å²) in [5, 5.41) is 0. The first-order valence-corrected chi connectivity index (χ1v) is 5.56. The number of nitrogen functional groups attached to an aromatic ring is 1. The molecule has 1 aromatic heterocycles. The second kappa shape index (κ2) is 5.33. The number of hydrogen-bond donors (Lipinski definition) is 2. The molecule has 0 aliphatic carbocycles. The van der Waals surface area contributed by atoms with Crippen LogP contribution >= 0.6 is 0 Å². The maximum absolute atomic E-state index is 12.9. The Morgan fingerprint density at radius 3 is 2.60 bits per heavy atom. The van der Waals surface area contributed by atoms with E-state index in [0.717, 1.165) is 6.07 Å². The number of anilines is 1. The number of rotatable bonds is 3. The van der Waals surface area contributed by atoms with Gasteiger partial charge in [-0.05, 0) is 19.1 Å². The average molecular weight is 284 g/mol.